The summed E-state index contributed by atoms with van der Waals surface area (Å²) in [7, 11) is 0. The van der Waals surface area contributed by atoms with Gasteiger partial charge in [0.05, 0.1) is 6.07 Å². The molecule has 3 rings (SSSR count). The second kappa shape index (κ2) is 5.54. The summed E-state index contributed by atoms with van der Waals surface area (Å²) in [4.78, 5) is 13.5. The van der Waals surface area contributed by atoms with Crippen molar-refractivity contribution in [2.75, 3.05) is 31.1 Å². The summed E-state index contributed by atoms with van der Waals surface area (Å²) in [5, 5.41) is 8.81. The molecule has 0 aromatic carbocycles. The Morgan fingerprint density at radius 1 is 1.21 bits per heavy atom. The zero-order valence-corrected chi connectivity index (χ0v) is 11.1. The average Bonchev–Trinajstić information content (AvgIpc) is 2.48. The summed E-state index contributed by atoms with van der Waals surface area (Å²) in [5.74, 6) is 1.42. The lowest BCUT2D eigenvalue weighted by Crippen LogP contribution is -2.56. The average molecular weight is 257 g/mol. The first kappa shape index (κ1) is 12.4. The molecule has 0 N–H and O–H groups in total. The van der Waals surface area contributed by atoms with Crippen molar-refractivity contribution in [2.45, 2.75) is 25.3 Å². The molecule has 0 spiro atoms. The molecular weight excluding hydrogens is 238 g/mol. The van der Waals surface area contributed by atoms with Crippen LogP contribution in [0.4, 0.5) is 5.95 Å². The van der Waals surface area contributed by atoms with E-state index in [-0.39, 0.29) is 0 Å². The molecule has 2 aliphatic heterocycles. The van der Waals surface area contributed by atoms with Gasteiger partial charge in [-0.2, -0.15) is 5.26 Å². The van der Waals surface area contributed by atoms with Crippen LogP contribution < -0.4 is 4.90 Å². The van der Waals surface area contributed by atoms with Crippen LogP contribution in [0.15, 0.2) is 18.5 Å². The van der Waals surface area contributed by atoms with E-state index in [1.54, 1.807) is 12.4 Å². The van der Waals surface area contributed by atoms with E-state index in [4.69, 9.17) is 5.26 Å². The number of aromatic nitrogens is 2. The topological polar surface area (TPSA) is 56.1 Å². The molecule has 2 fully saturated rings. The van der Waals surface area contributed by atoms with Gasteiger partial charge in [-0.15, -0.1) is 0 Å². The lowest BCUT2D eigenvalue weighted by atomic mass is 9.89. The minimum absolute atomic E-state index is 0.570. The SMILES string of the molecule is N#CCC1CCC2CN(c3ncccn3)CCN2C1. The Hall–Kier alpha value is -1.67. The molecule has 2 unspecified atom stereocenters. The van der Waals surface area contributed by atoms with E-state index >= 15 is 0 Å². The molecule has 1 aromatic heterocycles. The van der Waals surface area contributed by atoms with E-state index in [1.807, 2.05) is 6.07 Å². The number of rotatable bonds is 2. The largest absolute Gasteiger partial charge is 0.338 e. The molecule has 0 saturated carbocycles. The van der Waals surface area contributed by atoms with Crippen molar-refractivity contribution >= 4 is 5.95 Å². The fraction of sp³-hybridized carbons (Fsp3) is 0.643. The Labute approximate surface area is 113 Å². The van der Waals surface area contributed by atoms with Gasteiger partial charge < -0.3 is 4.90 Å². The molecular formula is C14H19N5. The number of hydrogen-bond acceptors (Lipinski definition) is 5. The van der Waals surface area contributed by atoms with Gasteiger partial charge in [0.2, 0.25) is 5.95 Å². The van der Waals surface area contributed by atoms with Crippen molar-refractivity contribution in [3.8, 4) is 6.07 Å². The van der Waals surface area contributed by atoms with Crippen LogP contribution in [0, 0.1) is 17.2 Å². The first-order valence-corrected chi connectivity index (χ1v) is 7.00. The van der Waals surface area contributed by atoms with Crippen LogP contribution in [-0.2, 0) is 0 Å². The third-order valence-electron chi connectivity index (χ3n) is 4.22. The minimum Gasteiger partial charge on any atom is -0.338 e. The standard InChI is InChI=1S/C14H19N5/c15-5-4-12-2-3-13-11-19(9-8-18(13)10-12)14-16-6-1-7-17-14/h1,6-7,12-13H,2-4,8-11H2. The molecule has 100 valence electrons. The van der Waals surface area contributed by atoms with Crippen LogP contribution in [0.5, 0.6) is 0 Å². The maximum absolute atomic E-state index is 8.81. The van der Waals surface area contributed by atoms with Crippen molar-refractivity contribution in [3.63, 3.8) is 0 Å². The van der Waals surface area contributed by atoms with E-state index in [0.717, 1.165) is 32.1 Å². The van der Waals surface area contributed by atoms with Crippen LogP contribution in [0.1, 0.15) is 19.3 Å². The van der Waals surface area contributed by atoms with Crippen molar-refractivity contribution in [1.82, 2.24) is 14.9 Å². The summed E-state index contributed by atoms with van der Waals surface area (Å²) in [5.41, 5.74) is 0. The number of nitriles is 1. The van der Waals surface area contributed by atoms with Crippen molar-refractivity contribution in [3.05, 3.63) is 18.5 Å². The summed E-state index contributed by atoms with van der Waals surface area (Å²) in [6, 6.07) is 4.77. The number of nitrogens with zero attached hydrogens (tertiary/aromatic N) is 5. The van der Waals surface area contributed by atoms with Gasteiger partial charge in [0.15, 0.2) is 0 Å². The molecule has 0 radical (unpaired) electrons. The Balaban J connectivity index is 1.62. The normalized spacial score (nSPS) is 27.6. The predicted octanol–water partition coefficient (Wildman–Crippen LogP) is 1.29. The Morgan fingerprint density at radius 3 is 2.84 bits per heavy atom. The quantitative estimate of drug-likeness (QED) is 0.799. The van der Waals surface area contributed by atoms with Gasteiger partial charge in [-0.05, 0) is 24.8 Å². The van der Waals surface area contributed by atoms with E-state index in [0.29, 0.717) is 18.4 Å². The lowest BCUT2D eigenvalue weighted by Gasteiger charge is -2.46. The molecule has 3 heterocycles. The first-order chi connectivity index (χ1) is 9.36. The highest BCUT2D eigenvalue weighted by atomic mass is 15.3. The lowest BCUT2D eigenvalue weighted by molar-refractivity contribution is 0.0966. The summed E-state index contributed by atoms with van der Waals surface area (Å²) < 4.78 is 0. The molecule has 0 amide bonds. The number of fused-ring (bicyclic) bond motifs is 1. The van der Waals surface area contributed by atoms with Gasteiger partial charge in [0, 0.05) is 51.0 Å². The number of piperazine rings is 1. The Bertz CT molecular complexity index is 455. The van der Waals surface area contributed by atoms with E-state index < -0.39 is 0 Å². The number of piperidine rings is 1. The fourth-order valence-electron chi connectivity index (χ4n) is 3.19. The molecule has 0 aliphatic carbocycles. The molecule has 2 aliphatic rings. The van der Waals surface area contributed by atoms with Crippen LogP contribution in [0.3, 0.4) is 0 Å². The maximum Gasteiger partial charge on any atom is 0.225 e. The molecule has 5 nitrogen and oxygen atoms in total. The highest BCUT2D eigenvalue weighted by Crippen LogP contribution is 2.27. The monoisotopic (exact) mass is 257 g/mol. The van der Waals surface area contributed by atoms with E-state index in [9.17, 15) is 0 Å². The zero-order chi connectivity index (χ0) is 13.1. The van der Waals surface area contributed by atoms with Crippen LogP contribution in [0.25, 0.3) is 0 Å². The molecule has 2 atom stereocenters. The van der Waals surface area contributed by atoms with Crippen molar-refractivity contribution < 1.29 is 0 Å². The minimum atomic E-state index is 0.570. The third kappa shape index (κ3) is 2.69. The van der Waals surface area contributed by atoms with Crippen LogP contribution in [-0.4, -0.2) is 47.1 Å². The maximum atomic E-state index is 8.81. The highest BCUT2D eigenvalue weighted by molar-refractivity contribution is 5.30. The zero-order valence-electron chi connectivity index (χ0n) is 11.1. The molecule has 19 heavy (non-hydrogen) atoms. The third-order valence-corrected chi connectivity index (χ3v) is 4.22. The van der Waals surface area contributed by atoms with E-state index in [1.165, 1.54) is 12.8 Å². The van der Waals surface area contributed by atoms with Gasteiger partial charge >= 0.3 is 0 Å². The Kier molecular flexibility index (Phi) is 3.60. The van der Waals surface area contributed by atoms with Gasteiger partial charge in [0.1, 0.15) is 0 Å². The summed E-state index contributed by atoms with van der Waals surface area (Å²) in [6.07, 6.45) is 6.68. The summed E-state index contributed by atoms with van der Waals surface area (Å²) >= 11 is 0. The van der Waals surface area contributed by atoms with Gasteiger partial charge in [-0.25, -0.2) is 9.97 Å². The van der Waals surface area contributed by atoms with Crippen molar-refractivity contribution in [2.24, 2.45) is 5.92 Å². The van der Waals surface area contributed by atoms with Crippen LogP contribution in [0.2, 0.25) is 0 Å². The first-order valence-electron chi connectivity index (χ1n) is 7.00. The molecule has 5 heteroatoms. The van der Waals surface area contributed by atoms with Gasteiger partial charge in [-0.1, -0.05) is 0 Å². The van der Waals surface area contributed by atoms with E-state index in [2.05, 4.69) is 25.8 Å². The fourth-order valence-corrected chi connectivity index (χ4v) is 3.19. The summed E-state index contributed by atoms with van der Waals surface area (Å²) in [6.45, 7) is 4.15. The highest BCUT2D eigenvalue weighted by Gasteiger charge is 2.33. The van der Waals surface area contributed by atoms with Crippen molar-refractivity contribution in [1.29, 1.82) is 5.26 Å². The molecule has 0 bridgehead atoms. The van der Waals surface area contributed by atoms with Gasteiger partial charge in [0.25, 0.3) is 0 Å². The number of anilines is 1. The Morgan fingerprint density at radius 2 is 2.05 bits per heavy atom. The van der Waals surface area contributed by atoms with Crippen LogP contribution >= 0.6 is 0 Å². The van der Waals surface area contributed by atoms with Gasteiger partial charge in [-0.3, -0.25) is 4.90 Å². The smallest absolute Gasteiger partial charge is 0.225 e. The second-order valence-corrected chi connectivity index (χ2v) is 5.45. The predicted molar refractivity (Wildman–Crippen MR) is 72.6 cm³/mol. The molecule has 1 aromatic rings. The molecule has 2 saturated heterocycles. The second-order valence-electron chi connectivity index (χ2n) is 5.45. The number of hydrogen-bond donors (Lipinski definition) is 0.